The molecule has 0 fully saturated rings. The average molecular weight is 650 g/mol. The molecule has 1 heteroatoms. The van der Waals surface area contributed by atoms with Gasteiger partial charge in [0.15, 0.2) is 0 Å². The van der Waals surface area contributed by atoms with Crippen molar-refractivity contribution >= 4 is 16.5 Å². The molecule has 1 nitrogen and oxygen atoms in total. The lowest BCUT2D eigenvalue weighted by molar-refractivity contribution is 0.606. The van der Waals surface area contributed by atoms with E-state index in [-0.39, 0.29) is 0 Å². The molecule has 50 heavy (non-hydrogen) atoms. The lowest BCUT2D eigenvalue weighted by atomic mass is 9.67. The molecule has 0 saturated carbocycles. The number of allylic oxidation sites excluding steroid dienone is 9. The standard InChI is InChI=1S/C49H47N/c1-3-4-5-7-17-37-28-31-43(32-29-37)50(42-23-14-16-36(2)27-30-42)44-24-15-22-41(35-44)49(40-20-8-6-9-21-40)47-26-13-12-25-45(47)46-33-38-18-10-11-19-39(38)34-48(46)49/h3-4,6,8-15,18-26,28,30-31,33-36H,5,7,16-17,27,29,32H2,1-2H3/b4-3-. The highest BCUT2D eigenvalue weighted by Gasteiger charge is 2.46. The number of benzene rings is 5. The van der Waals surface area contributed by atoms with Crippen molar-refractivity contribution in [3.63, 3.8) is 0 Å². The fraction of sp³-hybridized carbons (Fsp3) is 0.224. The van der Waals surface area contributed by atoms with Crippen LogP contribution in [0.25, 0.3) is 21.9 Å². The van der Waals surface area contributed by atoms with Crippen LogP contribution in [0.2, 0.25) is 0 Å². The van der Waals surface area contributed by atoms with E-state index in [2.05, 4.69) is 177 Å². The minimum atomic E-state index is -0.456. The first-order valence-corrected chi connectivity index (χ1v) is 18.6. The second kappa shape index (κ2) is 14.0. The van der Waals surface area contributed by atoms with Gasteiger partial charge in [-0.25, -0.2) is 0 Å². The minimum absolute atomic E-state index is 0.456. The van der Waals surface area contributed by atoms with Crippen LogP contribution in [-0.2, 0) is 5.41 Å². The van der Waals surface area contributed by atoms with Gasteiger partial charge in [0.25, 0.3) is 0 Å². The Bertz CT molecular complexity index is 2170. The SMILES string of the molecule is C/C=C\CCCC1=CC=C(N(C2=CCC(C)CC=C2)c2cccc(C3(c4ccccc4)c4ccccc4-c4cc5ccccc5cc43)c2)CC1. The van der Waals surface area contributed by atoms with Crippen molar-refractivity contribution in [3.8, 4) is 11.1 Å². The number of rotatable bonds is 9. The van der Waals surface area contributed by atoms with Crippen LogP contribution in [0.3, 0.4) is 0 Å². The molecule has 8 rings (SSSR count). The zero-order chi connectivity index (χ0) is 33.9. The van der Waals surface area contributed by atoms with Gasteiger partial charge in [-0.1, -0.05) is 134 Å². The van der Waals surface area contributed by atoms with Gasteiger partial charge < -0.3 is 4.90 Å². The van der Waals surface area contributed by atoms with Crippen LogP contribution in [0.4, 0.5) is 5.69 Å². The number of anilines is 1. The second-order valence-corrected chi connectivity index (χ2v) is 14.3. The molecule has 0 saturated heterocycles. The molecule has 3 aliphatic rings. The van der Waals surface area contributed by atoms with Gasteiger partial charge in [-0.15, -0.1) is 0 Å². The molecular formula is C49H47N. The molecule has 0 spiro atoms. The van der Waals surface area contributed by atoms with Crippen LogP contribution in [0, 0.1) is 5.92 Å². The third kappa shape index (κ3) is 5.79. The van der Waals surface area contributed by atoms with Crippen molar-refractivity contribution in [2.45, 2.75) is 64.2 Å². The molecule has 248 valence electrons. The summed E-state index contributed by atoms with van der Waals surface area (Å²) in [7, 11) is 0. The van der Waals surface area contributed by atoms with Gasteiger partial charge in [0.1, 0.15) is 0 Å². The normalized spacial score (nSPS) is 19.8. The molecular weight excluding hydrogens is 603 g/mol. The van der Waals surface area contributed by atoms with Crippen molar-refractivity contribution in [1.29, 1.82) is 0 Å². The lowest BCUT2D eigenvalue weighted by Gasteiger charge is -2.36. The summed E-state index contributed by atoms with van der Waals surface area (Å²) in [5.41, 5.74) is 13.0. The third-order valence-corrected chi connectivity index (χ3v) is 11.1. The van der Waals surface area contributed by atoms with Crippen molar-refractivity contribution in [2.24, 2.45) is 5.92 Å². The van der Waals surface area contributed by atoms with E-state index in [0.29, 0.717) is 5.92 Å². The first-order chi connectivity index (χ1) is 24.7. The van der Waals surface area contributed by atoms with Crippen LogP contribution in [0.15, 0.2) is 175 Å². The minimum Gasteiger partial charge on any atom is -0.315 e. The number of nitrogens with zero attached hydrogens (tertiary/aromatic N) is 1. The number of hydrogen-bond donors (Lipinski definition) is 0. The van der Waals surface area contributed by atoms with Crippen LogP contribution in [-0.4, -0.2) is 0 Å². The summed E-state index contributed by atoms with van der Waals surface area (Å²) < 4.78 is 0. The first kappa shape index (κ1) is 32.1. The maximum atomic E-state index is 2.56. The maximum Gasteiger partial charge on any atom is 0.0714 e. The van der Waals surface area contributed by atoms with Crippen LogP contribution >= 0.6 is 0 Å². The van der Waals surface area contributed by atoms with Crippen LogP contribution in [0.5, 0.6) is 0 Å². The van der Waals surface area contributed by atoms with Gasteiger partial charge in [-0.3, -0.25) is 0 Å². The van der Waals surface area contributed by atoms with Crippen LogP contribution in [0.1, 0.15) is 81.0 Å². The molecule has 5 aromatic rings. The molecule has 3 aliphatic carbocycles. The Morgan fingerprint density at radius 3 is 2.32 bits per heavy atom. The molecule has 0 heterocycles. The summed E-state index contributed by atoms with van der Waals surface area (Å²) in [4.78, 5) is 2.56. The summed E-state index contributed by atoms with van der Waals surface area (Å²) in [5, 5.41) is 2.56. The fourth-order valence-electron chi connectivity index (χ4n) is 8.55. The summed E-state index contributed by atoms with van der Waals surface area (Å²) in [5.74, 6) is 0.642. The van der Waals surface area contributed by atoms with Gasteiger partial charge in [-0.05, 0) is 138 Å². The molecule has 5 aromatic carbocycles. The summed E-state index contributed by atoms with van der Waals surface area (Å²) in [6, 6.07) is 43.5. The monoisotopic (exact) mass is 649 g/mol. The highest BCUT2D eigenvalue weighted by Crippen LogP contribution is 2.57. The Hall–Kier alpha value is -5.14. The molecule has 0 N–H and O–H groups in total. The zero-order valence-corrected chi connectivity index (χ0v) is 29.5. The highest BCUT2D eigenvalue weighted by atomic mass is 15.2. The van der Waals surface area contributed by atoms with E-state index in [0.717, 1.165) is 32.1 Å². The number of hydrogen-bond acceptors (Lipinski definition) is 1. The Labute approximate surface area is 298 Å². The van der Waals surface area contributed by atoms with Crippen LogP contribution < -0.4 is 4.90 Å². The lowest BCUT2D eigenvalue weighted by Crippen LogP contribution is -2.29. The van der Waals surface area contributed by atoms with Crippen molar-refractivity contribution < 1.29 is 0 Å². The second-order valence-electron chi connectivity index (χ2n) is 14.3. The summed E-state index contributed by atoms with van der Waals surface area (Å²) in [6.07, 6.45) is 24.4. The Balaban J connectivity index is 1.32. The third-order valence-electron chi connectivity index (χ3n) is 11.1. The van der Waals surface area contributed by atoms with E-state index < -0.39 is 5.41 Å². The highest BCUT2D eigenvalue weighted by molar-refractivity contribution is 5.96. The van der Waals surface area contributed by atoms with Gasteiger partial charge in [0.05, 0.1) is 5.41 Å². The molecule has 0 bridgehead atoms. The van der Waals surface area contributed by atoms with E-state index >= 15 is 0 Å². The molecule has 2 atom stereocenters. The van der Waals surface area contributed by atoms with Crippen molar-refractivity contribution in [3.05, 3.63) is 197 Å². The predicted octanol–water partition coefficient (Wildman–Crippen LogP) is 13.2. The number of unbranched alkanes of at least 4 members (excludes halogenated alkanes) is 1. The summed E-state index contributed by atoms with van der Waals surface area (Å²) >= 11 is 0. The largest absolute Gasteiger partial charge is 0.315 e. The fourth-order valence-corrected chi connectivity index (χ4v) is 8.55. The van der Waals surface area contributed by atoms with Gasteiger partial charge in [-0.2, -0.15) is 0 Å². The van der Waals surface area contributed by atoms with Crippen molar-refractivity contribution in [1.82, 2.24) is 0 Å². The van der Waals surface area contributed by atoms with Gasteiger partial charge in [0.2, 0.25) is 0 Å². The molecule has 0 amide bonds. The Morgan fingerprint density at radius 2 is 1.50 bits per heavy atom. The Kier molecular flexibility index (Phi) is 8.98. The Morgan fingerprint density at radius 1 is 0.720 bits per heavy atom. The van der Waals surface area contributed by atoms with Gasteiger partial charge >= 0.3 is 0 Å². The van der Waals surface area contributed by atoms with E-state index in [1.165, 1.54) is 74.1 Å². The smallest absolute Gasteiger partial charge is 0.0714 e. The topological polar surface area (TPSA) is 3.24 Å². The molecule has 0 aliphatic heterocycles. The van der Waals surface area contributed by atoms with Gasteiger partial charge in [0, 0.05) is 17.1 Å². The average Bonchev–Trinajstić information content (AvgIpc) is 3.27. The quantitative estimate of drug-likeness (QED) is 0.111. The maximum absolute atomic E-state index is 2.56. The predicted molar refractivity (Wildman–Crippen MR) is 213 cm³/mol. The van der Waals surface area contributed by atoms with E-state index in [1.807, 2.05) is 0 Å². The van der Waals surface area contributed by atoms with E-state index in [1.54, 1.807) is 5.57 Å². The molecule has 0 radical (unpaired) electrons. The molecule has 0 aromatic heterocycles. The zero-order valence-electron chi connectivity index (χ0n) is 29.5. The molecule has 2 unspecified atom stereocenters. The van der Waals surface area contributed by atoms with E-state index in [9.17, 15) is 0 Å². The number of fused-ring (bicyclic) bond motifs is 4. The first-order valence-electron chi connectivity index (χ1n) is 18.6. The van der Waals surface area contributed by atoms with E-state index in [4.69, 9.17) is 0 Å². The van der Waals surface area contributed by atoms with Crippen molar-refractivity contribution in [2.75, 3.05) is 4.90 Å². The summed E-state index contributed by atoms with van der Waals surface area (Å²) in [6.45, 7) is 4.48.